The van der Waals surface area contributed by atoms with Crippen LogP contribution in [0.1, 0.15) is 19.2 Å². The molecule has 1 heterocycles. The number of halogens is 1. The largest absolute Gasteiger partial charge is 0.342 e. The van der Waals surface area contributed by atoms with Gasteiger partial charge in [0, 0.05) is 12.5 Å². The number of hydrogen-bond donors (Lipinski definition) is 2. The first-order chi connectivity index (χ1) is 7.20. The van der Waals surface area contributed by atoms with E-state index in [-0.39, 0.29) is 6.04 Å². The Morgan fingerprint density at radius 2 is 2.33 bits per heavy atom. The van der Waals surface area contributed by atoms with Crippen molar-refractivity contribution in [3.8, 4) is 0 Å². The Hall–Kier alpha value is -1.06. The average molecular weight is 224 g/mol. The minimum absolute atomic E-state index is 0.157. The molecule has 0 bridgehead atoms. The number of nitrogens with one attached hydrogen (secondary N) is 1. The lowest BCUT2D eigenvalue weighted by Crippen LogP contribution is -2.21. The van der Waals surface area contributed by atoms with Crippen molar-refractivity contribution in [2.24, 2.45) is 5.73 Å². The van der Waals surface area contributed by atoms with Gasteiger partial charge >= 0.3 is 0 Å². The summed E-state index contributed by atoms with van der Waals surface area (Å²) in [5, 5.41) is 0.681. The highest BCUT2D eigenvalue weighted by Crippen LogP contribution is 2.21. The molecule has 0 aliphatic heterocycles. The van der Waals surface area contributed by atoms with Crippen molar-refractivity contribution in [1.29, 1.82) is 0 Å². The Balaban J connectivity index is 2.35. The molecule has 1 atom stereocenters. The molecular formula is C11H14ClN3. The molecule has 15 heavy (non-hydrogen) atoms. The SMILES string of the molecule is CCC(N)Cc1nc2c(Cl)cccc2[nH]1. The van der Waals surface area contributed by atoms with Gasteiger partial charge in [-0.1, -0.05) is 24.6 Å². The lowest BCUT2D eigenvalue weighted by atomic mass is 10.2. The van der Waals surface area contributed by atoms with Gasteiger partial charge in [-0.15, -0.1) is 0 Å². The summed E-state index contributed by atoms with van der Waals surface area (Å²) in [5.41, 5.74) is 7.68. The average Bonchev–Trinajstić information content (AvgIpc) is 2.62. The van der Waals surface area contributed by atoms with E-state index in [1.165, 1.54) is 0 Å². The number of imidazole rings is 1. The van der Waals surface area contributed by atoms with E-state index in [0.29, 0.717) is 5.02 Å². The number of nitrogens with two attached hydrogens (primary N) is 1. The Bertz CT molecular complexity index is 464. The molecule has 0 spiro atoms. The summed E-state index contributed by atoms with van der Waals surface area (Å²) in [6, 6.07) is 5.87. The van der Waals surface area contributed by atoms with Crippen LogP contribution in [-0.2, 0) is 6.42 Å². The van der Waals surface area contributed by atoms with Gasteiger partial charge < -0.3 is 10.7 Å². The molecule has 0 saturated carbocycles. The standard InChI is InChI=1S/C11H14ClN3/c1-2-7(13)6-10-14-9-5-3-4-8(12)11(9)15-10/h3-5,7H,2,6,13H2,1H3,(H,14,15). The zero-order chi connectivity index (χ0) is 10.8. The fraction of sp³-hybridized carbons (Fsp3) is 0.364. The van der Waals surface area contributed by atoms with Crippen LogP contribution in [0.15, 0.2) is 18.2 Å². The van der Waals surface area contributed by atoms with E-state index in [1.54, 1.807) is 0 Å². The molecule has 0 aliphatic rings. The van der Waals surface area contributed by atoms with Crippen molar-refractivity contribution in [3.05, 3.63) is 29.0 Å². The van der Waals surface area contributed by atoms with Crippen molar-refractivity contribution in [3.63, 3.8) is 0 Å². The molecule has 0 fully saturated rings. The third kappa shape index (κ3) is 2.13. The van der Waals surface area contributed by atoms with Crippen molar-refractivity contribution in [1.82, 2.24) is 9.97 Å². The number of aromatic nitrogens is 2. The number of fused-ring (bicyclic) bond motifs is 1. The third-order valence-corrected chi connectivity index (χ3v) is 2.80. The molecule has 1 aromatic carbocycles. The Morgan fingerprint density at radius 3 is 3.00 bits per heavy atom. The first-order valence-corrected chi connectivity index (χ1v) is 5.47. The molecule has 80 valence electrons. The lowest BCUT2D eigenvalue weighted by Gasteiger charge is -2.04. The van der Waals surface area contributed by atoms with Gasteiger partial charge in [0.15, 0.2) is 0 Å². The molecule has 2 rings (SSSR count). The van der Waals surface area contributed by atoms with E-state index < -0.39 is 0 Å². The summed E-state index contributed by atoms with van der Waals surface area (Å²) < 4.78 is 0. The number of para-hydroxylation sites is 1. The molecule has 1 aromatic heterocycles. The molecule has 3 N–H and O–H groups in total. The minimum Gasteiger partial charge on any atom is -0.342 e. The fourth-order valence-electron chi connectivity index (χ4n) is 1.54. The van der Waals surface area contributed by atoms with E-state index in [1.807, 2.05) is 18.2 Å². The third-order valence-electron chi connectivity index (χ3n) is 2.49. The van der Waals surface area contributed by atoms with Crippen LogP contribution < -0.4 is 5.73 Å². The van der Waals surface area contributed by atoms with Gasteiger partial charge in [-0.2, -0.15) is 0 Å². The van der Waals surface area contributed by atoms with Crippen LogP contribution in [0.25, 0.3) is 11.0 Å². The van der Waals surface area contributed by atoms with Crippen LogP contribution in [0.5, 0.6) is 0 Å². The molecule has 2 aromatic rings. The fourth-order valence-corrected chi connectivity index (χ4v) is 1.75. The summed E-state index contributed by atoms with van der Waals surface area (Å²) in [6.07, 6.45) is 1.71. The predicted molar refractivity (Wildman–Crippen MR) is 63.1 cm³/mol. The quantitative estimate of drug-likeness (QED) is 0.840. The van der Waals surface area contributed by atoms with Gasteiger partial charge in [0.05, 0.1) is 10.5 Å². The number of aromatic amines is 1. The summed E-state index contributed by atoms with van der Waals surface area (Å²) in [7, 11) is 0. The van der Waals surface area contributed by atoms with Gasteiger partial charge in [-0.05, 0) is 18.6 Å². The Morgan fingerprint density at radius 1 is 1.53 bits per heavy atom. The zero-order valence-corrected chi connectivity index (χ0v) is 9.38. The zero-order valence-electron chi connectivity index (χ0n) is 8.63. The normalized spacial score (nSPS) is 13.3. The summed E-state index contributed by atoms with van der Waals surface area (Å²) in [6.45, 7) is 2.07. The maximum atomic E-state index is 6.03. The van der Waals surface area contributed by atoms with E-state index in [0.717, 1.165) is 29.7 Å². The van der Waals surface area contributed by atoms with E-state index in [9.17, 15) is 0 Å². The highest BCUT2D eigenvalue weighted by Gasteiger charge is 2.08. The highest BCUT2D eigenvalue weighted by molar-refractivity contribution is 6.34. The topological polar surface area (TPSA) is 54.7 Å². The van der Waals surface area contributed by atoms with Crippen molar-refractivity contribution in [2.75, 3.05) is 0 Å². The van der Waals surface area contributed by atoms with Crippen LogP contribution >= 0.6 is 11.6 Å². The van der Waals surface area contributed by atoms with E-state index in [4.69, 9.17) is 17.3 Å². The molecule has 4 heteroatoms. The second kappa shape index (κ2) is 4.21. The van der Waals surface area contributed by atoms with Crippen LogP contribution in [0.4, 0.5) is 0 Å². The highest BCUT2D eigenvalue weighted by atomic mass is 35.5. The molecule has 0 radical (unpaired) electrons. The van der Waals surface area contributed by atoms with Gasteiger partial charge in [0.1, 0.15) is 11.3 Å². The Kier molecular flexibility index (Phi) is 2.93. The second-order valence-electron chi connectivity index (χ2n) is 3.69. The first-order valence-electron chi connectivity index (χ1n) is 5.09. The number of nitrogens with zero attached hydrogens (tertiary/aromatic N) is 1. The van der Waals surface area contributed by atoms with Crippen LogP contribution in [0, 0.1) is 0 Å². The summed E-state index contributed by atoms with van der Waals surface area (Å²) in [4.78, 5) is 7.66. The number of hydrogen-bond acceptors (Lipinski definition) is 2. The van der Waals surface area contributed by atoms with Crippen LogP contribution in [0.3, 0.4) is 0 Å². The molecule has 3 nitrogen and oxygen atoms in total. The molecule has 1 unspecified atom stereocenters. The molecule has 0 amide bonds. The summed E-state index contributed by atoms with van der Waals surface area (Å²) >= 11 is 6.03. The van der Waals surface area contributed by atoms with Crippen LogP contribution in [-0.4, -0.2) is 16.0 Å². The minimum atomic E-state index is 0.157. The van der Waals surface area contributed by atoms with Gasteiger partial charge in [-0.25, -0.2) is 4.98 Å². The Labute approximate surface area is 93.6 Å². The van der Waals surface area contributed by atoms with Crippen molar-refractivity contribution < 1.29 is 0 Å². The predicted octanol–water partition coefficient (Wildman–Crippen LogP) is 2.50. The van der Waals surface area contributed by atoms with E-state index >= 15 is 0 Å². The smallest absolute Gasteiger partial charge is 0.108 e. The summed E-state index contributed by atoms with van der Waals surface area (Å²) in [5.74, 6) is 0.910. The maximum absolute atomic E-state index is 6.03. The maximum Gasteiger partial charge on any atom is 0.108 e. The van der Waals surface area contributed by atoms with E-state index in [2.05, 4.69) is 16.9 Å². The monoisotopic (exact) mass is 223 g/mol. The lowest BCUT2D eigenvalue weighted by molar-refractivity contribution is 0.630. The molecule has 0 aliphatic carbocycles. The first kappa shape index (κ1) is 10.5. The number of rotatable bonds is 3. The van der Waals surface area contributed by atoms with Crippen molar-refractivity contribution >= 4 is 22.6 Å². The number of H-pyrrole nitrogens is 1. The van der Waals surface area contributed by atoms with Gasteiger partial charge in [0.2, 0.25) is 0 Å². The van der Waals surface area contributed by atoms with Crippen molar-refractivity contribution in [2.45, 2.75) is 25.8 Å². The van der Waals surface area contributed by atoms with Crippen LogP contribution in [0.2, 0.25) is 5.02 Å². The second-order valence-corrected chi connectivity index (χ2v) is 4.10. The van der Waals surface area contributed by atoms with Gasteiger partial charge in [-0.3, -0.25) is 0 Å². The molecular weight excluding hydrogens is 210 g/mol. The molecule has 0 saturated heterocycles. The van der Waals surface area contributed by atoms with Gasteiger partial charge in [0.25, 0.3) is 0 Å². The number of benzene rings is 1.